The van der Waals surface area contributed by atoms with Gasteiger partial charge in [0.05, 0.1) is 36.1 Å². The second kappa shape index (κ2) is 7.20. The SMILES string of the molecule is COCCn1ncc(Cl)c1C(NN)c1ccc(F)cc1Cl. The average molecular weight is 333 g/mol. The Morgan fingerprint density at radius 2 is 2.19 bits per heavy atom. The van der Waals surface area contributed by atoms with Gasteiger partial charge in [-0.25, -0.2) is 9.82 Å². The fraction of sp³-hybridized carbons (Fsp3) is 0.308. The van der Waals surface area contributed by atoms with Crippen LogP contribution in [0.25, 0.3) is 0 Å². The smallest absolute Gasteiger partial charge is 0.124 e. The van der Waals surface area contributed by atoms with Crippen LogP contribution in [-0.4, -0.2) is 23.5 Å². The lowest BCUT2D eigenvalue weighted by atomic mass is 10.0. The highest BCUT2D eigenvalue weighted by Crippen LogP contribution is 2.32. The number of nitrogens with zero attached hydrogens (tertiary/aromatic N) is 2. The van der Waals surface area contributed by atoms with Crippen LogP contribution >= 0.6 is 23.2 Å². The quantitative estimate of drug-likeness (QED) is 0.630. The number of nitrogens with one attached hydrogen (secondary N) is 1. The number of aromatic nitrogens is 2. The lowest BCUT2D eigenvalue weighted by molar-refractivity contribution is 0.182. The van der Waals surface area contributed by atoms with Gasteiger partial charge in [0.1, 0.15) is 5.82 Å². The molecule has 0 radical (unpaired) electrons. The van der Waals surface area contributed by atoms with Crippen molar-refractivity contribution in [3.8, 4) is 0 Å². The molecule has 2 aromatic rings. The van der Waals surface area contributed by atoms with E-state index in [2.05, 4.69) is 10.5 Å². The van der Waals surface area contributed by atoms with Crippen LogP contribution in [0.15, 0.2) is 24.4 Å². The molecule has 1 unspecified atom stereocenters. The second-order valence-corrected chi connectivity index (χ2v) is 5.17. The van der Waals surface area contributed by atoms with E-state index in [9.17, 15) is 4.39 Å². The van der Waals surface area contributed by atoms with Gasteiger partial charge in [0, 0.05) is 12.1 Å². The molecule has 8 heteroatoms. The number of methoxy groups -OCH3 is 1. The highest BCUT2D eigenvalue weighted by atomic mass is 35.5. The number of rotatable bonds is 6. The zero-order valence-corrected chi connectivity index (χ0v) is 12.8. The molecule has 0 spiro atoms. The molecule has 1 aromatic heterocycles. The summed E-state index contributed by atoms with van der Waals surface area (Å²) in [6, 6.07) is 3.59. The third kappa shape index (κ3) is 3.53. The number of hydrogen-bond donors (Lipinski definition) is 2. The first-order chi connectivity index (χ1) is 10.1. The van der Waals surface area contributed by atoms with E-state index in [0.717, 1.165) is 0 Å². The molecule has 0 fully saturated rings. The predicted octanol–water partition coefficient (Wildman–Crippen LogP) is 2.53. The van der Waals surface area contributed by atoms with Crippen LogP contribution < -0.4 is 11.3 Å². The van der Waals surface area contributed by atoms with Gasteiger partial charge in [0.2, 0.25) is 0 Å². The third-order valence-electron chi connectivity index (χ3n) is 3.05. The number of ether oxygens (including phenoxy) is 1. The first-order valence-corrected chi connectivity index (χ1v) is 6.95. The lowest BCUT2D eigenvalue weighted by Gasteiger charge is -2.20. The molecular weight excluding hydrogens is 318 g/mol. The van der Waals surface area contributed by atoms with Crippen LogP contribution in [0.1, 0.15) is 17.3 Å². The van der Waals surface area contributed by atoms with Gasteiger partial charge < -0.3 is 4.74 Å². The maximum atomic E-state index is 13.2. The normalized spacial score (nSPS) is 12.6. The molecule has 0 saturated heterocycles. The van der Waals surface area contributed by atoms with E-state index in [-0.39, 0.29) is 5.02 Å². The molecule has 114 valence electrons. The average Bonchev–Trinajstić information content (AvgIpc) is 2.81. The van der Waals surface area contributed by atoms with Crippen LogP contribution in [-0.2, 0) is 11.3 Å². The topological polar surface area (TPSA) is 65.1 Å². The standard InChI is InChI=1S/C13H15Cl2FN4O/c1-21-5-4-20-13(11(15)7-18-20)12(19-17)9-3-2-8(16)6-10(9)14/h2-3,6-7,12,19H,4-5,17H2,1H3. The van der Waals surface area contributed by atoms with Gasteiger partial charge in [-0.1, -0.05) is 29.3 Å². The monoisotopic (exact) mass is 332 g/mol. The molecule has 1 heterocycles. The van der Waals surface area contributed by atoms with Crippen LogP contribution in [0.2, 0.25) is 10.0 Å². The molecule has 5 nitrogen and oxygen atoms in total. The van der Waals surface area contributed by atoms with E-state index < -0.39 is 11.9 Å². The van der Waals surface area contributed by atoms with Gasteiger partial charge in [-0.15, -0.1) is 0 Å². The van der Waals surface area contributed by atoms with Crippen molar-refractivity contribution < 1.29 is 9.13 Å². The molecule has 3 N–H and O–H groups in total. The summed E-state index contributed by atoms with van der Waals surface area (Å²) < 4.78 is 19.9. The lowest BCUT2D eigenvalue weighted by Crippen LogP contribution is -2.31. The Morgan fingerprint density at radius 1 is 1.43 bits per heavy atom. The number of hydrazine groups is 1. The maximum Gasteiger partial charge on any atom is 0.124 e. The molecule has 0 aliphatic heterocycles. The Hall–Kier alpha value is -1.18. The fourth-order valence-electron chi connectivity index (χ4n) is 2.07. The predicted molar refractivity (Wildman–Crippen MR) is 79.7 cm³/mol. The summed E-state index contributed by atoms with van der Waals surface area (Å²) in [5, 5.41) is 4.88. The van der Waals surface area contributed by atoms with Crippen LogP contribution in [0.4, 0.5) is 4.39 Å². The minimum Gasteiger partial charge on any atom is -0.383 e. The minimum atomic E-state index is -0.509. The number of halogens is 3. The maximum absolute atomic E-state index is 13.2. The zero-order chi connectivity index (χ0) is 15.4. The highest BCUT2D eigenvalue weighted by Gasteiger charge is 2.23. The van der Waals surface area contributed by atoms with Crippen molar-refractivity contribution in [1.29, 1.82) is 0 Å². The summed E-state index contributed by atoms with van der Waals surface area (Å²) >= 11 is 12.3. The number of benzene rings is 1. The Morgan fingerprint density at radius 3 is 2.81 bits per heavy atom. The molecule has 0 aliphatic carbocycles. The van der Waals surface area contributed by atoms with Crippen molar-refractivity contribution in [2.75, 3.05) is 13.7 Å². The summed E-state index contributed by atoms with van der Waals surface area (Å²) in [7, 11) is 1.60. The fourth-order valence-corrected chi connectivity index (χ4v) is 2.59. The van der Waals surface area contributed by atoms with Crippen molar-refractivity contribution >= 4 is 23.2 Å². The van der Waals surface area contributed by atoms with Crippen molar-refractivity contribution in [3.63, 3.8) is 0 Å². The minimum absolute atomic E-state index is 0.258. The summed E-state index contributed by atoms with van der Waals surface area (Å²) in [5.41, 5.74) is 3.90. The molecule has 1 aromatic carbocycles. The van der Waals surface area contributed by atoms with Crippen molar-refractivity contribution in [2.45, 2.75) is 12.6 Å². The van der Waals surface area contributed by atoms with Gasteiger partial charge in [-0.05, 0) is 17.7 Å². The summed E-state index contributed by atoms with van der Waals surface area (Å²) in [6.07, 6.45) is 1.52. The molecule has 21 heavy (non-hydrogen) atoms. The van der Waals surface area contributed by atoms with E-state index in [0.29, 0.717) is 29.4 Å². The summed E-state index contributed by atoms with van der Waals surface area (Å²) in [5.74, 6) is 5.22. The molecule has 0 aliphatic rings. The van der Waals surface area contributed by atoms with Gasteiger partial charge in [-0.3, -0.25) is 10.5 Å². The second-order valence-electron chi connectivity index (χ2n) is 4.36. The number of hydrogen-bond acceptors (Lipinski definition) is 4. The van der Waals surface area contributed by atoms with Gasteiger partial charge in [-0.2, -0.15) is 5.10 Å². The van der Waals surface area contributed by atoms with Gasteiger partial charge in [0.15, 0.2) is 0 Å². The van der Waals surface area contributed by atoms with Crippen molar-refractivity contribution in [1.82, 2.24) is 15.2 Å². The molecule has 0 amide bonds. The molecular formula is C13H15Cl2FN4O. The Kier molecular flexibility index (Phi) is 5.55. The Balaban J connectivity index is 2.43. The Bertz CT molecular complexity index is 620. The van der Waals surface area contributed by atoms with Crippen LogP contribution in [0.5, 0.6) is 0 Å². The van der Waals surface area contributed by atoms with Crippen LogP contribution in [0, 0.1) is 5.82 Å². The van der Waals surface area contributed by atoms with Gasteiger partial charge in [0.25, 0.3) is 0 Å². The first kappa shape index (κ1) is 16.2. The highest BCUT2D eigenvalue weighted by molar-refractivity contribution is 6.32. The van der Waals surface area contributed by atoms with E-state index in [1.165, 1.54) is 18.3 Å². The molecule has 2 rings (SSSR count). The van der Waals surface area contributed by atoms with E-state index in [1.54, 1.807) is 17.9 Å². The van der Waals surface area contributed by atoms with E-state index >= 15 is 0 Å². The van der Waals surface area contributed by atoms with Crippen molar-refractivity contribution in [3.05, 3.63) is 51.5 Å². The van der Waals surface area contributed by atoms with E-state index in [1.807, 2.05) is 0 Å². The van der Waals surface area contributed by atoms with E-state index in [4.69, 9.17) is 33.8 Å². The van der Waals surface area contributed by atoms with Crippen molar-refractivity contribution in [2.24, 2.45) is 5.84 Å². The Labute approximate surface area is 131 Å². The molecule has 0 bridgehead atoms. The summed E-state index contributed by atoms with van der Waals surface area (Å²) in [4.78, 5) is 0. The summed E-state index contributed by atoms with van der Waals surface area (Å²) in [6.45, 7) is 0.981. The zero-order valence-electron chi connectivity index (χ0n) is 11.3. The molecule has 0 saturated carbocycles. The first-order valence-electron chi connectivity index (χ1n) is 6.19. The van der Waals surface area contributed by atoms with Crippen LogP contribution in [0.3, 0.4) is 0 Å². The molecule has 1 atom stereocenters. The third-order valence-corrected chi connectivity index (χ3v) is 3.67. The number of nitrogens with two attached hydrogens (primary N) is 1. The largest absolute Gasteiger partial charge is 0.383 e. The van der Waals surface area contributed by atoms with Gasteiger partial charge >= 0.3 is 0 Å².